The second-order valence-electron chi connectivity index (χ2n) is 5.87. The molecule has 23 heavy (non-hydrogen) atoms. The molecule has 0 aliphatic heterocycles. The molecule has 0 aliphatic carbocycles. The smallest absolute Gasteiger partial charge is 0.145 e. The van der Waals surface area contributed by atoms with Crippen LogP contribution in [0.4, 0.5) is 0 Å². The number of aromatic nitrogens is 2. The van der Waals surface area contributed by atoms with E-state index in [1.807, 2.05) is 54.1 Å². The third kappa shape index (κ3) is 3.09. The number of imidazole rings is 1. The molecule has 3 aromatic rings. The summed E-state index contributed by atoms with van der Waals surface area (Å²) in [6.07, 6.45) is 3.64. The van der Waals surface area contributed by atoms with Crippen LogP contribution in [-0.4, -0.2) is 14.7 Å². The zero-order valence-corrected chi connectivity index (χ0v) is 14.8. The zero-order chi connectivity index (χ0) is 16.4. The highest BCUT2D eigenvalue weighted by Gasteiger charge is 2.32. The molecule has 0 bridgehead atoms. The van der Waals surface area contributed by atoms with Crippen molar-refractivity contribution < 1.29 is 5.11 Å². The fraction of sp³-hybridized carbons (Fsp3) is 0.211. The van der Waals surface area contributed by atoms with Crippen molar-refractivity contribution in [3.63, 3.8) is 0 Å². The number of halogens is 1. The van der Waals surface area contributed by atoms with Crippen molar-refractivity contribution in [1.82, 2.24) is 9.55 Å². The van der Waals surface area contributed by atoms with Crippen molar-refractivity contribution in [3.05, 3.63) is 87.9 Å². The Morgan fingerprint density at radius 2 is 1.87 bits per heavy atom. The van der Waals surface area contributed by atoms with E-state index in [1.165, 1.54) is 5.56 Å². The van der Waals surface area contributed by atoms with E-state index in [1.54, 1.807) is 13.1 Å². The van der Waals surface area contributed by atoms with Gasteiger partial charge in [0.2, 0.25) is 0 Å². The Kier molecular flexibility index (Phi) is 4.37. The quantitative estimate of drug-likeness (QED) is 0.744. The summed E-state index contributed by atoms with van der Waals surface area (Å²) in [4.78, 5) is 4.42. The van der Waals surface area contributed by atoms with E-state index >= 15 is 0 Å². The van der Waals surface area contributed by atoms with Crippen LogP contribution in [0.2, 0.25) is 0 Å². The Balaban J connectivity index is 2.01. The predicted molar refractivity (Wildman–Crippen MR) is 95.3 cm³/mol. The third-order valence-electron chi connectivity index (χ3n) is 4.06. The van der Waals surface area contributed by atoms with E-state index in [-0.39, 0.29) is 0 Å². The highest BCUT2D eigenvalue weighted by Crippen LogP contribution is 2.35. The summed E-state index contributed by atoms with van der Waals surface area (Å²) in [5.41, 5.74) is 1.90. The second-order valence-corrected chi connectivity index (χ2v) is 6.67. The molecule has 4 heteroatoms. The van der Waals surface area contributed by atoms with Gasteiger partial charge in [0.15, 0.2) is 0 Å². The highest BCUT2D eigenvalue weighted by atomic mass is 79.9. The van der Waals surface area contributed by atoms with Gasteiger partial charge in [0, 0.05) is 29.0 Å². The number of rotatable bonds is 4. The van der Waals surface area contributed by atoms with Crippen molar-refractivity contribution >= 4 is 15.9 Å². The maximum absolute atomic E-state index is 11.2. The molecule has 3 rings (SSSR count). The third-order valence-corrected chi connectivity index (χ3v) is 5.12. The molecule has 0 aliphatic rings. The van der Waals surface area contributed by atoms with E-state index in [2.05, 4.69) is 33.0 Å². The molecule has 1 unspecified atom stereocenters. The first-order valence-corrected chi connectivity index (χ1v) is 8.33. The van der Waals surface area contributed by atoms with Crippen LogP contribution in [0.5, 0.6) is 0 Å². The number of hydrogen-bond acceptors (Lipinski definition) is 2. The molecule has 0 radical (unpaired) electrons. The van der Waals surface area contributed by atoms with Crippen LogP contribution < -0.4 is 0 Å². The van der Waals surface area contributed by atoms with E-state index in [4.69, 9.17) is 0 Å². The lowest BCUT2D eigenvalue weighted by Gasteiger charge is -2.26. The van der Waals surface area contributed by atoms with Gasteiger partial charge in [0.05, 0.1) is 0 Å². The Labute approximate surface area is 144 Å². The number of aliphatic hydroxyl groups is 1. The number of hydrogen-bond donors (Lipinski definition) is 1. The molecule has 0 amide bonds. The summed E-state index contributed by atoms with van der Waals surface area (Å²) in [6, 6.07) is 16.1. The molecular weight excluding hydrogens is 352 g/mol. The van der Waals surface area contributed by atoms with E-state index < -0.39 is 5.60 Å². The normalized spacial score (nSPS) is 13.7. The molecule has 2 aromatic carbocycles. The van der Waals surface area contributed by atoms with Gasteiger partial charge in [-0.05, 0) is 25.0 Å². The zero-order valence-electron chi connectivity index (χ0n) is 13.2. The van der Waals surface area contributed by atoms with Crippen molar-refractivity contribution in [2.75, 3.05) is 0 Å². The molecular formula is C19H19BrN2O. The van der Waals surface area contributed by atoms with Gasteiger partial charge in [-0.25, -0.2) is 4.98 Å². The van der Waals surface area contributed by atoms with Crippen LogP contribution >= 0.6 is 15.9 Å². The van der Waals surface area contributed by atoms with Crippen LogP contribution in [0.25, 0.3) is 0 Å². The first kappa shape index (κ1) is 16.0. The molecule has 0 saturated carbocycles. The van der Waals surface area contributed by atoms with Gasteiger partial charge in [-0.1, -0.05) is 64.5 Å². The first-order valence-electron chi connectivity index (χ1n) is 7.53. The van der Waals surface area contributed by atoms with Gasteiger partial charge >= 0.3 is 0 Å². The Morgan fingerprint density at radius 1 is 1.13 bits per heavy atom. The summed E-state index contributed by atoms with van der Waals surface area (Å²) in [5.74, 6) is 0.632. The molecule has 118 valence electrons. The molecule has 1 atom stereocenters. The van der Waals surface area contributed by atoms with Gasteiger partial charge in [-0.2, -0.15) is 0 Å². The molecule has 1 N–H and O–H groups in total. The molecule has 0 fully saturated rings. The van der Waals surface area contributed by atoms with Crippen LogP contribution in [0, 0.1) is 6.92 Å². The summed E-state index contributed by atoms with van der Waals surface area (Å²) in [6.45, 7) is 4.48. The summed E-state index contributed by atoms with van der Waals surface area (Å²) in [7, 11) is 0. The minimum absolute atomic E-state index is 0.632. The standard InChI is InChI=1S/C19H19BrN2O/c1-14-7-6-10-16(17(14)20)19(2,23)18-21-11-12-22(18)13-15-8-4-3-5-9-15/h3-12,23H,13H2,1-2H3. The lowest BCUT2D eigenvalue weighted by Crippen LogP contribution is -2.28. The predicted octanol–water partition coefficient (Wildman–Crippen LogP) is 4.26. The number of nitrogens with zero attached hydrogens (tertiary/aromatic N) is 2. The van der Waals surface area contributed by atoms with Gasteiger partial charge in [0.1, 0.15) is 11.4 Å². The fourth-order valence-electron chi connectivity index (χ4n) is 2.79. The molecule has 0 saturated heterocycles. The van der Waals surface area contributed by atoms with Crippen molar-refractivity contribution in [1.29, 1.82) is 0 Å². The SMILES string of the molecule is Cc1cccc(C(C)(O)c2nccn2Cc2ccccc2)c1Br. The Bertz CT molecular complexity index is 809. The largest absolute Gasteiger partial charge is 0.377 e. The lowest BCUT2D eigenvalue weighted by molar-refractivity contribution is 0.0876. The van der Waals surface area contributed by atoms with Crippen LogP contribution in [0.1, 0.15) is 29.4 Å². The van der Waals surface area contributed by atoms with Gasteiger partial charge in [-0.3, -0.25) is 0 Å². The van der Waals surface area contributed by atoms with Crippen molar-refractivity contribution in [3.8, 4) is 0 Å². The van der Waals surface area contributed by atoms with Crippen molar-refractivity contribution in [2.24, 2.45) is 0 Å². The summed E-state index contributed by atoms with van der Waals surface area (Å²) >= 11 is 3.60. The van der Waals surface area contributed by atoms with Crippen LogP contribution in [0.15, 0.2) is 65.4 Å². The molecule has 1 aromatic heterocycles. The summed E-state index contributed by atoms with van der Waals surface area (Å²) < 4.78 is 2.91. The van der Waals surface area contributed by atoms with E-state index in [0.29, 0.717) is 12.4 Å². The van der Waals surface area contributed by atoms with Crippen molar-refractivity contribution in [2.45, 2.75) is 26.0 Å². The fourth-order valence-corrected chi connectivity index (χ4v) is 3.44. The maximum atomic E-state index is 11.2. The highest BCUT2D eigenvalue weighted by molar-refractivity contribution is 9.10. The van der Waals surface area contributed by atoms with Gasteiger partial charge in [0.25, 0.3) is 0 Å². The maximum Gasteiger partial charge on any atom is 0.145 e. The average molecular weight is 371 g/mol. The minimum atomic E-state index is -1.18. The molecule has 3 nitrogen and oxygen atoms in total. The monoisotopic (exact) mass is 370 g/mol. The molecule has 0 spiro atoms. The number of aryl methyl sites for hydroxylation is 1. The topological polar surface area (TPSA) is 38.1 Å². The lowest BCUT2D eigenvalue weighted by atomic mass is 9.93. The van der Waals surface area contributed by atoms with Gasteiger partial charge in [-0.15, -0.1) is 0 Å². The van der Waals surface area contributed by atoms with E-state index in [9.17, 15) is 5.11 Å². The Hall–Kier alpha value is -1.91. The first-order chi connectivity index (χ1) is 11.0. The Morgan fingerprint density at radius 3 is 2.61 bits per heavy atom. The average Bonchev–Trinajstić information content (AvgIpc) is 3.00. The number of benzene rings is 2. The summed E-state index contributed by atoms with van der Waals surface area (Å²) in [5, 5.41) is 11.2. The van der Waals surface area contributed by atoms with Gasteiger partial charge < -0.3 is 9.67 Å². The van der Waals surface area contributed by atoms with E-state index in [0.717, 1.165) is 15.6 Å². The van der Waals surface area contributed by atoms with Crippen LogP contribution in [-0.2, 0) is 12.1 Å². The molecule has 1 heterocycles. The minimum Gasteiger partial charge on any atom is -0.377 e. The van der Waals surface area contributed by atoms with Crippen LogP contribution in [0.3, 0.4) is 0 Å². The second kappa shape index (κ2) is 6.30.